The number of aliphatic hydroxyl groups excluding tert-OH is 2. The Morgan fingerprint density at radius 3 is 2.56 bits per heavy atom. The summed E-state index contributed by atoms with van der Waals surface area (Å²) in [6.45, 7) is 8.28. The van der Waals surface area contributed by atoms with Crippen LogP contribution < -0.4 is 10.4 Å². The van der Waals surface area contributed by atoms with Gasteiger partial charge in [0.1, 0.15) is 35.4 Å². The molecule has 210 valence electrons. The first-order valence-corrected chi connectivity index (χ1v) is 13.3. The maximum absolute atomic E-state index is 13.3. The Balaban J connectivity index is 1.61. The van der Waals surface area contributed by atoms with Crippen molar-refractivity contribution in [2.75, 3.05) is 6.61 Å². The van der Waals surface area contributed by atoms with E-state index in [1.807, 2.05) is 13.8 Å². The van der Waals surface area contributed by atoms with Crippen molar-refractivity contribution >= 4 is 11.9 Å². The molecule has 3 heterocycles. The monoisotopic (exact) mass is 541 g/mol. The lowest BCUT2D eigenvalue weighted by atomic mass is 9.42. The normalized spacial score (nSPS) is 36.9. The third kappa shape index (κ3) is 4.24. The fraction of sp³-hybridized carbons (Fsp3) is 0.586. The maximum Gasteiger partial charge on any atom is 0.345 e. The smallest absolute Gasteiger partial charge is 0.345 e. The van der Waals surface area contributed by atoms with Gasteiger partial charge in [0, 0.05) is 49.2 Å². The first-order chi connectivity index (χ1) is 18.3. The van der Waals surface area contributed by atoms with E-state index in [4.69, 9.17) is 18.6 Å². The van der Waals surface area contributed by atoms with Crippen molar-refractivity contribution in [1.29, 1.82) is 0 Å². The van der Waals surface area contributed by atoms with Crippen molar-refractivity contribution in [3.8, 4) is 17.1 Å². The molecule has 2 aromatic rings. The van der Waals surface area contributed by atoms with Gasteiger partial charge in [-0.15, -0.1) is 0 Å². The van der Waals surface area contributed by atoms with E-state index in [0.717, 1.165) is 0 Å². The lowest BCUT2D eigenvalue weighted by Gasteiger charge is -2.66. The van der Waals surface area contributed by atoms with Crippen LogP contribution in [0.1, 0.15) is 65.5 Å². The first kappa shape index (κ1) is 27.3. The molecule has 0 amide bonds. The van der Waals surface area contributed by atoms with E-state index in [0.29, 0.717) is 18.4 Å². The Labute approximate surface area is 226 Å². The van der Waals surface area contributed by atoms with Crippen LogP contribution in [0, 0.1) is 22.7 Å². The minimum absolute atomic E-state index is 0.00277. The molecule has 0 bridgehead atoms. The van der Waals surface area contributed by atoms with Gasteiger partial charge in [0.2, 0.25) is 0 Å². The Kier molecular flexibility index (Phi) is 6.62. The summed E-state index contributed by atoms with van der Waals surface area (Å²) in [6.07, 6.45) is 1.46. The summed E-state index contributed by atoms with van der Waals surface area (Å²) in [5.41, 5.74) is -2.94. The summed E-state index contributed by atoms with van der Waals surface area (Å²) in [6, 6.07) is 5.02. The number of nitrogens with zero attached hydrogens (tertiary/aromatic N) is 1. The molecule has 1 aliphatic heterocycles. The summed E-state index contributed by atoms with van der Waals surface area (Å²) in [5.74, 6) is -1.58. The number of hydrogen-bond acceptors (Lipinski definition) is 10. The van der Waals surface area contributed by atoms with Gasteiger partial charge in [-0.1, -0.05) is 13.8 Å². The molecular weight excluding hydrogens is 506 g/mol. The third-order valence-corrected chi connectivity index (χ3v) is 9.45. The first-order valence-electron chi connectivity index (χ1n) is 13.3. The van der Waals surface area contributed by atoms with Crippen molar-refractivity contribution in [2.45, 2.75) is 77.8 Å². The van der Waals surface area contributed by atoms with Gasteiger partial charge in [0.15, 0.2) is 0 Å². The molecule has 2 saturated carbocycles. The summed E-state index contributed by atoms with van der Waals surface area (Å²) in [7, 11) is 0. The van der Waals surface area contributed by atoms with E-state index >= 15 is 0 Å². The van der Waals surface area contributed by atoms with Crippen LogP contribution >= 0.6 is 0 Å². The number of rotatable bonds is 4. The molecule has 8 atom stereocenters. The van der Waals surface area contributed by atoms with E-state index in [9.17, 15) is 24.6 Å². The molecule has 2 aromatic heterocycles. The predicted molar refractivity (Wildman–Crippen MR) is 137 cm³/mol. The number of carbonyl (C=O) groups excluding carboxylic acids is 2. The predicted octanol–water partition coefficient (Wildman–Crippen LogP) is 3.18. The summed E-state index contributed by atoms with van der Waals surface area (Å²) in [5, 5.41) is 23.5. The zero-order valence-electron chi connectivity index (χ0n) is 22.8. The van der Waals surface area contributed by atoms with E-state index < -0.39 is 58.2 Å². The molecule has 10 nitrogen and oxygen atoms in total. The van der Waals surface area contributed by atoms with Crippen LogP contribution in [0.25, 0.3) is 11.3 Å². The number of ether oxygens (including phenoxy) is 3. The Morgan fingerprint density at radius 2 is 1.92 bits per heavy atom. The highest BCUT2D eigenvalue weighted by molar-refractivity contribution is 5.67. The van der Waals surface area contributed by atoms with Crippen LogP contribution in [-0.4, -0.2) is 51.6 Å². The highest BCUT2D eigenvalue weighted by Crippen LogP contribution is 2.67. The lowest BCUT2D eigenvalue weighted by Crippen LogP contribution is -2.71. The zero-order valence-corrected chi connectivity index (χ0v) is 22.8. The maximum atomic E-state index is 13.3. The standard InChI is InChI=1S/C29H35NO9/c1-15(31)36-14-28(4)20-12-21(33)29(5)25(27(20,3)9-8-22(28)37-16(2)32)24(34)23-19(39-29)11-18(38-26(23)35)17-7-6-10-30-13-17/h6-7,10-11,13,20-22,24-25,33-34H,8-9,12,14H2,1-5H3/t20?,21-,22-,24-,25?,27-,28-,29?/m0/s1. The highest BCUT2D eigenvalue weighted by atomic mass is 16.6. The third-order valence-electron chi connectivity index (χ3n) is 9.45. The van der Waals surface area contributed by atoms with Crippen molar-refractivity contribution < 1.29 is 38.4 Å². The van der Waals surface area contributed by atoms with Gasteiger partial charge >= 0.3 is 17.6 Å². The molecule has 2 fully saturated rings. The number of fused-ring (bicyclic) bond motifs is 4. The molecule has 2 aliphatic carbocycles. The Hall–Kier alpha value is -3.24. The molecule has 5 rings (SSSR count). The number of carbonyl (C=O) groups is 2. The number of aliphatic hydroxyl groups is 2. The quantitative estimate of drug-likeness (QED) is 0.554. The molecule has 3 aliphatic rings. The number of hydrogen-bond donors (Lipinski definition) is 2. The molecule has 2 N–H and O–H groups in total. The van der Waals surface area contributed by atoms with Crippen LogP contribution in [0.5, 0.6) is 5.75 Å². The minimum Gasteiger partial charge on any atom is -0.484 e. The molecule has 0 radical (unpaired) electrons. The summed E-state index contributed by atoms with van der Waals surface area (Å²) < 4.78 is 23.2. The van der Waals surface area contributed by atoms with Crippen molar-refractivity contribution in [3.63, 3.8) is 0 Å². The fourth-order valence-electron chi connectivity index (χ4n) is 7.69. The molecule has 3 unspecified atom stereocenters. The zero-order chi connectivity index (χ0) is 28.3. The van der Waals surface area contributed by atoms with E-state index in [1.165, 1.54) is 13.8 Å². The van der Waals surface area contributed by atoms with Crippen LogP contribution in [-0.2, 0) is 19.1 Å². The van der Waals surface area contributed by atoms with Crippen molar-refractivity contribution in [1.82, 2.24) is 4.98 Å². The van der Waals surface area contributed by atoms with E-state index in [-0.39, 0.29) is 36.0 Å². The second-order valence-electron chi connectivity index (χ2n) is 11.9. The van der Waals surface area contributed by atoms with Gasteiger partial charge in [-0.05, 0) is 49.7 Å². The number of pyridine rings is 1. The highest BCUT2D eigenvalue weighted by Gasteiger charge is 2.69. The van der Waals surface area contributed by atoms with Crippen LogP contribution in [0.2, 0.25) is 0 Å². The van der Waals surface area contributed by atoms with Gasteiger partial charge in [-0.2, -0.15) is 0 Å². The van der Waals surface area contributed by atoms with E-state index in [2.05, 4.69) is 4.98 Å². The van der Waals surface area contributed by atoms with E-state index in [1.54, 1.807) is 37.5 Å². The van der Waals surface area contributed by atoms with Gasteiger partial charge < -0.3 is 28.8 Å². The molecule has 0 saturated heterocycles. The second-order valence-corrected chi connectivity index (χ2v) is 11.9. The molecule has 10 heteroatoms. The minimum atomic E-state index is -1.30. The summed E-state index contributed by atoms with van der Waals surface area (Å²) in [4.78, 5) is 41.1. The molecule has 0 spiro atoms. The van der Waals surface area contributed by atoms with Gasteiger partial charge in [0.05, 0.1) is 12.2 Å². The second kappa shape index (κ2) is 9.45. The summed E-state index contributed by atoms with van der Waals surface area (Å²) >= 11 is 0. The van der Waals surface area contributed by atoms with Crippen LogP contribution in [0.15, 0.2) is 39.8 Å². The Bertz CT molecular complexity index is 1340. The topological polar surface area (TPSA) is 145 Å². The molecule has 0 aromatic carbocycles. The molecular formula is C29H35NO9. The average Bonchev–Trinajstić information content (AvgIpc) is 2.86. The average molecular weight is 542 g/mol. The number of aromatic nitrogens is 1. The fourth-order valence-corrected chi connectivity index (χ4v) is 7.69. The van der Waals surface area contributed by atoms with Gasteiger partial charge in [0.25, 0.3) is 0 Å². The molecule has 39 heavy (non-hydrogen) atoms. The van der Waals surface area contributed by atoms with Crippen LogP contribution in [0.3, 0.4) is 0 Å². The van der Waals surface area contributed by atoms with Crippen molar-refractivity contribution in [2.24, 2.45) is 22.7 Å². The Morgan fingerprint density at radius 1 is 1.18 bits per heavy atom. The largest absolute Gasteiger partial charge is 0.484 e. The van der Waals surface area contributed by atoms with Crippen molar-refractivity contribution in [3.05, 3.63) is 46.6 Å². The van der Waals surface area contributed by atoms with Gasteiger partial charge in [-0.3, -0.25) is 14.6 Å². The SMILES string of the molecule is CC(=O)OC[C@@]1(C)C2C[C@H](O)C3(C)Oc4cc(-c5cccnc5)oc(=O)c4[C@H](O)C3[C@@]2(C)CC[C@@H]1OC(C)=O. The lowest BCUT2D eigenvalue weighted by molar-refractivity contribution is -0.267. The van der Waals surface area contributed by atoms with Gasteiger partial charge in [-0.25, -0.2) is 4.79 Å². The number of esters is 2. The van der Waals surface area contributed by atoms with Crippen LogP contribution in [0.4, 0.5) is 0 Å².